The number of fused-ring (bicyclic) bond motifs is 7. The first-order valence-electron chi connectivity index (χ1n) is 8.62. The lowest BCUT2D eigenvalue weighted by molar-refractivity contribution is 0.0888. The van der Waals surface area contributed by atoms with Crippen molar-refractivity contribution in [3.8, 4) is 0 Å². The standard InChI is InChI=1S/C23H16O/c24-22(14-8-2-1-3-9-14)23-19-15-10-4-6-12-17(15)20(23)21(23)18-13-7-5-11-16(18)19/h1-13,19-21H/t19?,20-,21-,23?/m1/s1. The number of rotatable bonds is 2. The topological polar surface area (TPSA) is 17.1 Å². The second-order valence-corrected chi connectivity index (χ2v) is 7.27. The smallest absolute Gasteiger partial charge is 0.171 e. The average molecular weight is 308 g/mol. The summed E-state index contributed by atoms with van der Waals surface area (Å²) in [7, 11) is 0. The van der Waals surface area contributed by atoms with Gasteiger partial charge in [0.1, 0.15) is 0 Å². The number of hydrogen-bond acceptors (Lipinski definition) is 1. The summed E-state index contributed by atoms with van der Waals surface area (Å²) in [5, 5.41) is 0. The molecule has 0 amide bonds. The number of Topliss-reactive ketones (excluding diaryl/α,β-unsaturated/α-hetero) is 1. The first kappa shape index (κ1) is 12.7. The normalized spacial score (nSPS) is 30.4. The van der Waals surface area contributed by atoms with Crippen LogP contribution in [-0.2, 0) is 0 Å². The fourth-order valence-electron chi connectivity index (χ4n) is 5.69. The van der Waals surface area contributed by atoms with Gasteiger partial charge < -0.3 is 0 Å². The summed E-state index contributed by atoms with van der Waals surface area (Å²) < 4.78 is 0. The van der Waals surface area contributed by atoms with Crippen molar-refractivity contribution in [3.05, 3.63) is 107 Å². The molecule has 0 aromatic heterocycles. The molecule has 1 fully saturated rings. The van der Waals surface area contributed by atoms with Crippen molar-refractivity contribution in [1.82, 2.24) is 0 Å². The number of benzene rings is 3. The van der Waals surface area contributed by atoms with Crippen molar-refractivity contribution < 1.29 is 4.79 Å². The number of carbonyl (C=O) groups excluding carboxylic acids is 1. The Kier molecular flexibility index (Phi) is 2.14. The Balaban J connectivity index is 1.62. The fourth-order valence-corrected chi connectivity index (χ4v) is 5.69. The maximum atomic E-state index is 13.6. The SMILES string of the molecule is O=C(c1ccccc1)C12C3c4ccccc4[C@@H]1[C@H]2c1ccccc13. The molecule has 3 aliphatic rings. The van der Waals surface area contributed by atoms with Crippen LogP contribution in [0.25, 0.3) is 0 Å². The Morgan fingerprint density at radius 3 is 1.62 bits per heavy atom. The van der Waals surface area contributed by atoms with Gasteiger partial charge in [-0.2, -0.15) is 0 Å². The Bertz CT molecular complexity index is 948. The van der Waals surface area contributed by atoms with Gasteiger partial charge >= 0.3 is 0 Å². The summed E-state index contributed by atoms with van der Waals surface area (Å²) in [5.41, 5.74) is 6.12. The summed E-state index contributed by atoms with van der Waals surface area (Å²) >= 11 is 0. The summed E-state index contributed by atoms with van der Waals surface area (Å²) in [5.74, 6) is 1.28. The predicted molar refractivity (Wildman–Crippen MR) is 93.4 cm³/mol. The van der Waals surface area contributed by atoms with Gasteiger partial charge in [-0.15, -0.1) is 0 Å². The van der Waals surface area contributed by atoms with Crippen LogP contribution in [0, 0.1) is 5.41 Å². The molecule has 1 saturated carbocycles. The van der Waals surface area contributed by atoms with Crippen LogP contribution < -0.4 is 0 Å². The van der Waals surface area contributed by atoms with Crippen molar-refractivity contribution in [2.24, 2.45) is 5.41 Å². The van der Waals surface area contributed by atoms with Gasteiger partial charge in [0.15, 0.2) is 5.78 Å². The van der Waals surface area contributed by atoms with E-state index in [1.54, 1.807) is 0 Å². The number of carbonyl (C=O) groups is 1. The second kappa shape index (κ2) is 4.05. The highest BCUT2D eigenvalue weighted by Gasteiger charge is 2.80. The fraction of sp³-hybridized carbons (Fsp3) is 0.174. The zero-order valence-electron chi connectivity index (χ0n) is 13.1. The van der Waals surface area contributed by atoms with E-state index in [-0.39, 0.29) is 11.3 Å². The first-order valence-corrected chi connectivity index (χ1v) is 8.62. The van der Waals surface area contributed by atoms with Crippen LogP contribution in [0.4, 0.5) is 0 Å². The van der Waals surface area contributed by atoms with Crippen LogP contribution in [0.1, 0.15) is 50.4 Å². The Morgan fingerprint density at radius 1 is 0.625 bits per heavy atom. The summed E-state index contributed by atoms with van der Waals surface area (Å²) in [4.78, 5) is 13.6. The molecule has 0 unspecified atom stereocenters. The molecule has 3 aromatic carbocycles. The largest absolute Gasteiger partial charge is 0.293 e. The van der Waals surface area contributed by atoms with E-state index in [1.165, 1.54) is 22.3 Å². The van der Waals surface area contributed by atoms with Gasteiger partial charge in [-0.05, 0) is 22.3 Å². The van der Waals surface area contributed by atoms with Crippen LogP contribution in [0.2, 0.25) is 0 Å². The minimum absolute atomic E-state index is 0.229. The zero-order chi connectivity index (χ0) is 15.9. The second-order valence-electron chi connectivity index (χ2n) is 7.27. The minimum atomic E-state index is -0.269. The van der Waals surface area contributed by atoms with E-state index in [4.69, 9.17) is 0 Å². The van der Waals surface area contributed by atoms with Crippen molar-refractivity contribution in [2.75, 3.05) is 0 Å². The molecule has 1 heteroatoms. The van der Waals surface area contributed by atoms with Gasteiger partial charge in [0, 0.05) is 23.3 Å². The van der Waals surface area contributed by atoms with E-state index >= 15 is 0 Å². The molecule has 3 aliphatic carbocycles. The third-order valence-electron chi connectivity index (χ3n) is 6.44. The molecular formula is C23H16O. The molecule has 0 aliphatic heterocycles. The number of hydrogen-bond donors (Lipinski definition) is 0. The Labute approximate surface area is 141 Å². The molecular weight excluding hydrogens is 292 g/mol. The van der Waals surface area contributed by atoms with E-state index in [0.717, 1.165) is 5.56 Å². The van der Waals surface area contributed by atoms with Crippen molar-refractivity contribution in [3.63, 3.8) is 0 Å². The summed E-state index contributed by atoms with van der Waals surface area (Å²) in [6.45, 7) is 0. The predicted octanol–water partition coefficient (Wildman–Crippen LogP) is 4.90. The average Bonchev–Trinajstić information content (AvgIpc) is 3.16. The lowest BCUT2D eigenvalue weighted by Crippen LogP contribution is -2.22. The van der Waals surface area contributed by atoms with E-state index in [0.29, 0.717) is 17.6 Å². The highest BCUT2D eigenvalue weighted by atomic mass is 16.1. The van der Waals surface area contributed by atoms with Crippen LogP contribution in [0.3, 0.4) is 0 Å². The number of ketones is 1. The zero-order valence-corrected chi connectivity index (χ0v) is 13.1. The monoisotopic (exact) mass is 308 g/mol. The third kappa shape index (κ3) is 1.21. The molecule has 0 heterocycles. The maximum Gasteiger partial charge on any atom is 0.171 e. The van der Waals surface area contributed by atoms with Crippen LogP contribution >= 0.6 is 0 Å². The maximum absolute atomic E-state index is 13.6. The van der Waals surface area contributed by atoms with Gasteiger partial charge in [-0.1, -0.05) is 78.9 Å². The van der Waals surface area contributed by atoms with Crippen LogP contribution in [-0.4, -0.2) is 5.78 Å². The molecule has 114 valence electrons. The van der Waals surface area contributed by atoms with Gasteiger partial charge in [0.25, 0.3) is 0 Å². The quantitative estimate of drug-likeness (QED) is 0.616. The van der Waals surface area contributed by atoms with Gasteiger partial charge in [0.05, 0.1) is 5.41 Å². The highest BCUT2D eigenvalue weighted by molar-refractivity contribution is 6.08. The van der Waals surface area contributed by atoms with E-state index < -0.39 is 0 Å². The van der Waals surface area contributed by atoms with Crippen molar-refractivity contribution >= 4 is 5.78 Å². The Morgan fingerprint density at radius 2 is 1.08 bits per heavy atom. The van der Waals surface area contributed by atoms with E-state index in [2.05, 4.69) is 48.5 Å². The highest BCUT2D eigenvalue weighted by Crippen LogP contribution is 2.86. The molecule has 24 heavy (non-hydrogen) atoms. The molecule has 2 atom stereocenters. The third-order valence-corrected chi connectivity index (χ3v) is 6.44. The van der Waals surface area contributed by atoms with Crippen molar-refractivity contribution in [2.45, 2.75) is 17.8 Å². The van der Waals surface area contributed by atoms with Gasteiger partial charge in [0.2, 0.25) is 0 Å². The van der Waals surface area contributed by atoms with Crippen LogP contribution in [0.15, 0.2) is 78.9 Å². The summed E-state index contributed by atoms with van der Waals surface area (Å²) in [6.07, 6.45) is 0. The lowest BCUT2D eigenvalue weighted by Gasteiger charge is -2.20. The molecule has 0 radical (unpaired) electrons. The first-order chi connectivity index (χ1) is 11.8. The molecule has 0 bridgehead atoms. The molecule has 6 rings (SSSR count). The Hall–Kier alpha value is -2.67. The molecule has 3 aromatic rings. The van der Waals surface area contributed by atoms with Crippen LogP contribution in [0.5, 0.6) is 0 Å². The summed E-state index contributed by atoms with van der Waals surface area (Å²) in [6, 6.07) is 27.2. The van der Waals surface area contributed by atoms with Gasteiger partial charge in [-0.25, -0.2) is 0 Å². The van der Waals surface area contributed by atoms with Crippen molar-refractivity contribution in [1.29, 1.82) is 0 Å². The van der Waals surface area contributed by atoms with Gasteiger partial charge in [-0.3, -0.25) is 4.79 Å². The van der Waals surface area contributed by atoms with E-state index in [9.17, 15) is 4.79 Å². The molecule has 0 spiro atoms. The lowest BCUT2D eigenvalue weighted by atomic mass is 9.80. The molecule has 0 N–H and O–H groups in total. The van der Waals surface area contributed by atoms with E-state index in [1.807, 2.05) is 30.3 Å². The molecule has 1 nitrogen and oxygen atoms in total. The minimum Gasteiger partial charge on any atom is -0.293 e. The molecule has 0 saturated heterocycles.